The SMILES string of the molecule is O=C(Nc1ccc(OCC(=O)N2CCOCC2)cc1)C1CCc2ccccc21. The summed E-state index contributed by atoms with van der Waals surface area (Å²) in [6, 6.07) is 15.3. The van der Waals surface area contributed by atoms with Gasteiger partial charge < -0.3 is 19.7 Å². The van der Waals surface area contributed by atoms with Crippen LogP contribution in [0.4, 0.5) is 5.69 Å². The molecule has 2 aromatic rings. The van der Waals surface area contributed by atoms with Crippen molar-refractivity contribution in [3.8, 4) is 5.75 Å². The Kier molecular flexibility index (Phi) is 5.58. The maximum atomic E-state index is 12.6. The molecule has 0 bridgehead atoms. The van der Waals surface area contributed by atoms with Crippen LogP contribution in [-0.2, 0) is 20.7 Å². The summed E-state index contributed by atoms with van der Waals surface area (Å²) in [6.07, 6.45) is 1.79. The average Bonchev–Trinajstić information content (AvgIpc) is 3.18. The Bertz CT molecular complexity index is 844. The fourth-order valence-electron chi connectivity index (χ4n) is 3.74. The van der Waals surface area contributed by atoms with E-state index in [9.17, 15) is 9.59 Å². The monoisotopic (exact) mass is 380 g/mol. The van der Waals surface area contributed by atoms with Gasteiger partial charge in [-0.2, -0.15) is 0 Å². The molecule has 2 aliphatic rings. The Hall–Kier alpha value is -2.86. The van der Waals surface area contributed by atoms with E-state index in [1.165, 1.54) is 5.56 Å². The number of benzene rings is 2. The number of fused-ring (bicyclic) bond motifs is 1. The molecule has 1 N–H and O–H groups in total. The third-order valence-corrected chi connectivity index (χ3v) is 5.30. The van der Waals surface area contributed by atoms with E-state index in [1.54, 1.807) is 29.2 Å². The molecular weight excluding hydrogens is 356 g/mol. The van der Waals surface area contributed by atoms with Crippen molar-refractivity contribution < 1.29 is 19.1 Å². The number of nitrogens with zero attached hydrogens (tertiary/aromatic N) is 1. The molecule has 28 heavy (non-hydrogen) atoms. The van der Waals surface area contributed by atoms with Gasteiger partial charge in [0.05, 0.1) is 19.1 Å². The lowest BCUT2D eigenvalue weighted by Gasteiger charge is -2.26. The zero-order chi connectivity index (χ0) is 19.3. The van der Waals surface area contributed by atoms with Crippen LogP contribution in [-0.4, -0.2) is 49.6 Å². The zero-order valence-electron chi connectivity index (χ0n) is 15.7. The molecule has 6 nitrogen and oxygen atoms in total. The van der Waals surface area contributed by atoms with Crippen LogP contribution in [0.25, 0.3) is 0 Å². The first kappa shape index (κ1) is 18.5. The van der Waals surface area contributed by atoms with Crippen LogP contribution in [0, 0.1) is 0 Å². The summed E-state index contributed by atoms with van der Waals surface area (Å²) in [6.45, 7) is 2.37. The predicted octanol–water partition coefficient (Wildman–Crippen LogP) is 2.59. The van der Waals surface area contributed by atoms with Crippen LogP contribution in [0.5, 0.6) is 5.75 Å². The molecule has 2 aromatic carbocycles. The van der Waals surface area contributed by atoms with Crippen LogP contribution in [0.15, 0.2) is 48.5 Å². The fourth-order valence-corrected chi connectivity index (χ4v) is 3.74. The third-order valence-electron chi connectivity index (χ3n) is 5.30. The highest BCUT2D eigenvalue weighted by Crippen LogP contribution is 2.33. The molecule has 1 heterocycles. The summed E-state index contributed by atoms with van der Waals surface area (Å²) in [5.41, 5.74) is 3.11. The van der Waals surface area contributed by atoms with Crippen molar-refractivity contribution in [1.29, 1.82) is 0 Å². The number of anilines is 1. The smallest absolute Gasteiger partial charge is 0.260 e. The Labute approximate surface area is 164 Å². The quantitative estimate of drug-likeness (QED) is 0.866. The van der Waals surface area contributed by atoms with Gasteiger partial charge in [-0.1, -0.05) is 24.3 Å². The number of rotatable bonds is 5. The van der Waals surface area contributed by atoms with Crippen LogP contribution < -0.4 is 10.1 Å². The average molecular weight is 380 g/mol. The second-order valence-electron chi connectivity index (χ2n) is 7.09. The minimum atomic E-state index is -0.0988. The summed E-state index contributed by atoms with van der Waals surface area (Å²) in [7, 11) is 0. The van der Waals surface area contributed by atoms with E-state index >= 15 is 0 Å². The summed E-state index contributed by atoms with van der Waals surface area (Å²) < 4.78 is 10.8. The van der Waals surface area contributed by atoms with Crippen LogP contribution >= 0.6 is 0 Å². The van der Waals surface area contributed by atoms with Gasteiger partial charge in [-0.25, -0.2) is 0 Å². The Morgan fingerprint density at radius 3 is 2.61 bits per heavy atom. The second kappa shape index (κ2) is 8.44. The molecule has 0 radical (unpaired) electrons. The molecule has 0 saturated carbocycles. The number of morpholine rings is 1. The van der Waals surface area contributed by atoms with Gasteiger partial charge in [0.25, 0.3) is 5.91 Å². The minimum absolute atomic E-state index is 0.00453. The van der Waals surface area contributed by atoms with Gasteiger partial charge in [-0.3, -0.25) is 9.59 Å². The lowest BCUT2D eigenvalue weighted by molar-refractivity contribution is -0.137. The second-order valence-corrected chi connectivity index (χ2v) is 7.09. The van der Waals surface area contributed by atoms with Gasteiger partial charge >= 0.3 is 0 Å². The molecule has 1 unspecified atom stereocenters. The third kappa shape index (κ3) is 4.17. The van der Waals surface area contributed by atoms with E-state index in [-0.39, 0.29) is 24.3 Å². The van der Waals surface area contributed by atoms with Crippen LogP contribution in [0.3, 0.4) is 0 Å². The largest absolute Gasteiger partial charge is 0.484 e. The highest BCUT2D eigenvalue weighted by molar-refractivity contribution is 5.96. The van der Waals surface area contributed by atoms with Crippen molar-refractivity contribution in [1.82, 2.24) is 4.90 Å². The van der Waals surface area contributed by atoms with E-state index in [2.05, 4.69) is 11.4 Å². The summed E-state index contributed by atoms with van der Waals surface area (Å²) in [5.74, 6) is 0.478. The molecule has 1 aliphatic heterocycles. The first-order valence-electron chi connectivity index (χ1n) is 9.68. The topological polar surface area (TPSA) is 67.9 Å². The van der Waals surface area contributed by atoms with Crippen molar-refractivity contribution in [2.75, 3.05) is 38.2 Å². The predicted molar refractivity (Wildman–Crippen MR) is 105 cm³/mol. The zero-order valence-corrected chi connectivity index (χ0v) is 15.7. The molecule has 0 aromatic heterocycles. The van der Waals surface area contributed by atoms with E-state index in [1.807, 2.05) is 18.2 Å². The standard InChI is InChI=1S/C22H24N2O4/c25-21(24-11-13-27-14-12-24)15-28-18-8-6-17(7-9-18)23-22(26)20-10-5-16-3-1-2-4-19(16)20/h1-4,6-9,20H,5,10-15H2,(H,23,26). The summed E-state index contributed by atoms with van der Waals surface area (Å²) in [5, 5.41) is 2.98. The molecule has 1 atom stereocenters. The van der Waals surface area contributed by atoms with E-state index in [0.717, 1.165) is 24.1 Å². The van der Waals surface area contributed by atoms with Gasteiger partial charge in [-0.05, 0) is 48.2 Å². The lowest BCUT2D eigenvalue weighted by Crippen LogP contribution is -2.42. The normalized spacial score (nSPS) is 18.4. The van der Waals surface area contributed by atoms with Crippen molar-refractivity contribution in [2.45, 2.75) is 18.8 Å². The number of amides is 2. The number of ether oxygens (including phenoxy) is 2. The highest BCUT2D eigenvalue weighted by atomic mass is 16.5. The maximum Gasteiger partial charge on any atom is 0.260 e. The molecule has 6 heteroatoms. The Balaban J connectivity index is 1.30. The number of hydrogen-bond acceptors (Lipinski definition) is 4. The number of aryl methyl sites for hydroxylation is 1. The number of hydrogen-bond donors (Lipinski definition) is 1. The Morgan fingerprint density at radius 2 is 1.82 bits per heavy atom. The van der Waals surface area contributed by atoms with E-state index < -0.39 is 0 Å². The minimum Gasteiger partial charge on any atom is -0.484 e. The molecule has 1 fully saturated rings. The lowest BCUT2D eigenvalue weighted by atomic mass is 10.0. The molecule has 1 saturated heterocycles. The van der Waals surface area contributed by atoms with E-state index in [0.29, 0.717) is 32.1 Å². The van der Waals surface area contributed by atoms with Gasteiger partial charge in [0.15, 0.2) is 6.61 Å². The molecule has 4 rings (SSSR count). The van der Waals surface area contributed by atoms with Crippen LogP contribution in [0.2, 0.25) is 0 Å². The molecule has 2 amide bonds. The van der Waals surface area contributed by atoms with Crippen molar-refractivity contribution in [3.05, 3.63) is 59.7 Å². The van der Waals surface area contributed by atoms with Gasteiger partial charge in [0, 0.05) is 18.8 Å². The number of carbonyl (C=O) groups excluding carboxylic acids is 2. The maximum absolute atomic E-state index is 12.6. The number of carbonyl (C=O) groups is 2. The first-order valence-corrected chi connectivity index (χ1v) is 9.68. The number of nitrogens with one attached hydrogen (secondary N) is 1. The van der Waals surface area contributed by atoms with Gasteiger partial charge in [0.2, 0.25) is 5.91 Å². The van der Waals surface area contributed by atoms with Gasteiger partial charge in [0.1, 0.15) is 5.75 Å². The molecule has 1 aliphatic carbocycles. The molecule has 0 spiro atoms. The summed E-state index contributed by atoms with van der Waals surface area (Å²) in [4.78, 5) is 26.5. The van der Waals surface area contributed by atoms with Crippen molar-refractivity contribution in [2.24, 2.45) is 0 Å². The Morgan fingerprint density at radius 1 is 1.07 bits per heavy atom. The van der Waals surface area contributed by atoms with E-state index in [4.69, 9.17) is 9.47 Å². The summed E-state index contributed by atoms with van der Waals surface area (Å²) >= 11 is 0. The first-order chi connectivity index (χ1) is 13.7. The van der Waals surface area contributed by atoms with Gasteiger partial charge in [-0.15, -0.1) is 0 Å². The van der Waals surface area contributed by atoms with Crippen molar-refractivity contribution >= 4 is 17.5 Å². The van der Waals surface area contributed by atoms with Crippen LogP contribution in [0.1, 0.15) is 23.5 Å². The fraction of sp³-hybridized carbons (Fsp3) is 0.364. The highest BCUT2D eigenvalue weighted by Gasteiger charge is 2.28. The van der Waals surface area contributed by atoms with Crippen molar-refractivity contribution in [3.63, 3.8) is 0 Å². The molecular formula is C22H24N2O4. The molecule has 146 valence electrons.